The van der Waals surface area contributed by atoms with Gasteiger partial charge in [-0.05, 0) is 43.3 Å². The average Bonchev–Trinajstić information content (AvgIpc) is 3.37. The van der Waals surface area contributed by atoms with E-state index in [1.165, 1.54) is 4.31 Å². The SMILES string of the molecule is COc1ccc(N(C[C@@H]2CO2)S(=O)(=O)c2ccc(C)cc2)cc1. The first kappa shape index (κ1) is 15.8. The number of hydrogen-bond acceptors (Lipinski definition) is 4. The second-order valence-corrected chi connectivity index (χ2v) is 7.36. The lowest BCUT2D eigenvalue weighted by Gasteiger charge is -2.24. The lowest BCUT2D eigenvalue weighted by molar-refractivity contribution is 0.411. The van der Waals surface area contributed by atoms with Crippen molar-refractivity contribution in [2.24, 2.45) is 0 Å². The molecule has 1 saturated heterocycles. The second kappa shape index (κ2) is 6.22. The summed E-state index contributed by atoms with van der Waals surface area (Å²) in [5, 5.41) is 0. The van der Waals surface area contributed by atoms with E-state index < -0.39 is 10.0 Å². The van der Waals surface area contributed by atoms with E-state index in [1.54, 1.807) is 55.6 Å². The van der Waals surface area contributed by atoms with Crippen LogP contribution in [-0.2, 0) is 14.8 Å². The Labute approximate surface area is 136 Å². The van der Waals surface area contributed by atoms with Gasteiger partial charge in [0.25, 0.3) is 10.0 Å². The van der Waals surface area contributed by atoms with E-state index in [-0.39, 0.29) is 11.0 Å². The summed E-state index contributed by atoms with van der Waals surface area (Å²) in [6.45, 7) is 2.83. The zero-order valence-corrected chi connectivity index (χ0v) is 13.9. The average molecular weight is 333 g/mol. The molecule has 1 fully saturated rings. The lowest BCUT2D eigenvalue weighted by Crippen LogP contribution is -2.34. The van der Waals surface area contributed by atoms with Gasteiger partial charge in [0.15, 0.2) is 0 Å². The molecule has 0 unspecified atom stereocenters. The van der Waals surface area contributed by atoms with Crippen LogP contribution in [0.5, 0.6) is 5.75 Å². The van der Waals surface area contributed by atoms with Gasteiger partial charge in [-0.15, -0.1) is 0 Å². The first-order valence-corrected chi connectivity index (χ1v) is 8.80. The predicted octanol–water partition coefficient (Wildman–Crippen LogP) is 2.60. The number of aryl methyl sites for hydroxylation is 1. The van der Waals surface area contributed by atoms with Gasteiger partial charge in [0.05, 0.1) is 36.9 Å². The molecule has 0 N–H and O–H groups in total. The van der Waals surface area contributed by atoms with E-state index >= 15 is 0 Å². The Hall–Kier alpha value is -2.05. The fraction of sp³-hybridized carbons (Fsp3) is 0.294. The Morgan fingerprint density at radius 3 is 2.26 bits per heavy atom. The highest BCUT2D eigenvalue weighted by Crippen LogP contribution is 2.28. The molecule has 1 atom stereocenters. The molecular weight excluding hydrogens is 314 g/mol. The Kier molecular flexibility index (Phi) is 4.28. The number of epoxide rings is 1. The number of rotatable bonds is 6. The Morgan fingerprint density at radius 1 is 1.13 bits per heavy atom. The van der Waals surface area contributed by atoms with Crippen molar-refractivity contribution in [3.8, 4) is 5.75 Å². The molecule has 1 heterocycles. The molecule has 5 nitrogen and oxygen atoms in total. The quantitative estimate of drug-likeness (QED) is 0.763. The largest absolute Gasteiger partial charge is 0.497 e. The monoisotopic (exact) mass is 333 g/mol. The lowest BCUT2D eigenvalue weighted by atomic mass is 10.2. The maximum absolute atomic E-state index is 13.0. The molecule has 0 aromatic heterocycles. The summed E-state index contributed by atoms with van der Waals surface area (Å²) in [7, 11) is -2.06. The van der Waals surface area contributed by atoms with Crippen molar-refractivity contribution >= 4 is 15.7 Å². The molecule has 122 valence electrons. The third kappa shape index (κ3) is 3.48. The number of anilines is 1. The van der Waals surface area contributed by atoms with Gasteiger partial charge in [0.1, 0.15) is 5.75 Å². The Bertz CT molecular complexity index is 765. The van der Waals surface area contributed by atoms with Crippen LogP contribution in [0.1, 0.15) is 5.56 Å². The standard InChI is InChI=1S/C17H19NO4S/c1-13-3-9-17(10-4-13)23(19,20)18(11-16-12-22-16)14-5-7-15(21-2)8-6-14/h3-10,16H,11-12H2,1-2H3/t16-/m1/s1. The van der Waals surface area contributed by atoms with Crippen LogP contribution >= 0.6 is 0 Å². The summed E-state index contributed by atoms with van der Waals surface area (Å²) in [6, 6.07) is 13.9. The van der Waals surface area contributed by atoms with Crippen LogP contribution in [-0.4, -0.2) is 34.8 Å². The predicted molar refractivity (Wildman–Crippen MR) is 88.4 cm³/mol. The summed E-state index contributed by atoms with van der Waals surface area (Å²) in [4.78, 5) is 0.277. The summed E-state index contributed by atoms with van der Waals surface area (Å²) in [5.74, 6) is 0.684. The topological polar surface area (TPSA) is 59.1 Å². The van der Waals surface area contributed by atoms with Crippen molar-refractivity contribution in [1.82, 2.24) is 0 Å². The molecule has 6 heteroatoms. The first-order chi connectivity index (χ1) is 11.0. The van der Waals surface area contributed by atoms with Crippen molar-refractivity contribution in [3.05, 3.63) is 54.1 Å². The van der Waals surface area contributed by atoms with Gasteiger partial charge in [-0.25, -0.2) is 8.42 Å². The van der Waals surface area contributed by atoms with Crippen molar-refractivity contribution in [2.45, 2.75) is 17.9 Å². The van der Waals surface area contributed by atoms with Crippen LogP contribution in [0.15, 0.2) is 53.4 Å². The molecule has 2 aromatic rings. The zero-order chi connectivity index (χ0) is 16.4. The fourth-order valence-electron chi connectivity index (χ4n) is 2.29. The number of hydrogen-bond donors (Lipinski definition) is 0. The number of ether oxygens (including phenoxy) is 2. The zero-order valence-electron chi connectivity index (χ0n) is 13.1. The van der Waals surface area contributed by atoms with E-state index in [2.05, 4.69) is 0 Å². The second-order valence-electron chi connectivity index (χ2n) is 5.50. The maximum Gasteiger partial charge on any atom is 0.264 e. The van der Waals surface area contributed by atoms with Crippen LogP contribution in [0.4, 0.5) is 5.69 Å². The third-order valence-corrected chi connectivity index (χ3v) is 5.55. The number of nitrogens with zero attached hydrogens (tertiary/aromatic N) is 1. The van der Waals surface area contributed by atoms with Crippen molar-refractivity contribution in [2.75, 3.05) is 24.6 Å². The molecule has 0 saturated carbocycles. The third-order valence-electron chi connectivity index (χ3n) is 3.74. The van der Waals surface area contributed by atoms with E-state index in [9.17, 15) is 8.42 Å². The van der Waals surface area contributed by atoms with Gasteiger partial charge < -0.3 is 9.47 Å². The van der Waals surface area contributed by atoms with Crippen LogP contribution in [0.3, 0.4) is 0 Å². The highest BCUT2D eigenvalue weighted by molar-refractivity contribution is 7.92. The summed E-state index contributed by atoms with van der Waals surface area (Å²) >= 11 is 0. The van der Waals surface area contributed by atoms with Gasteiger partial charge in [-0.1, -0.05) is 17.7 Å². The molecule has 3 rings (SSSR count). The van der Waals surface area contributed by atoms with Crippen molar-refractivity contribution in [3.63, 3.8) is 0 Å². The molecule has 0 amide bonds. The van der Waals surface area contributed by atoms with Gasteiger partial charge in [-0.3, -0.25) is 4.31 Å². The number of benzene rings is 2. The first-order valence-electron chi connectivity index (χ1n) is 7.36. The van der Waals surface area contributed by atoms with Crippen molar-refractivity contribution < 1.29 is 17.9 Å². The minimum absolute atomic E-state index is 0.0441. The van der Waals surface area contributed by atoms with Gasteiger partial charge in [0.2, 0.25) is 0 Å². The van der Waals surface area contributed by atoms with Crippen molar-refractivity contribution in [1.29, 1.82) is 0 Å². The molecule has 0 spiro atoms. The summed E-state index contributed by atoms with van der Waals surface area (Å²) in [6.07, 6.45) is -0.0441. The normalized spacial score (nSPS) is 16.9. The molecule has 2 aromatic carbocycles. The van der Waals surface area contributed by atoms with E-state index in [0.29, 0.717) is 24.6 Å². The van der Waals surface area contributed by atoms with Crippen LogP contribution < -0.4 is 9.04 Å². The molecule has 0 aliphatic carbocycles. The van der Waals surface area contributed by atoms with Gasteiger partial charge >= 0.3 is 0 Å². The summed E-state index contributed by atoms with van der Waals surface area (Å²) < 4.78 is 37.8. The molecule has 1 aliphatic rings. The molecule has 0 bridgehead atoms. The number of sulfonamides is 1. The van der Waals surface area contributed by atoms with Gasteiger partial charge in [-0.2, -0.15) is 0 Å². The van der Waals surface area contributed by atoms with Crippen LogP contribution in [0, 0.1) is 6.92 Å². The van der Waals surface area contributed by atoms with E-state index in [1.807, 2.05) is 6.92 Å². The highest BCUT2D eigenvalue weighted by Gasteiger charge is 2.32. The Balaban J connectivity index is 1.98. The smallest absolute Gasteiger partial charge is 0.264 e. The molecular formula is C17H19NO4S. The summed E-state index contributed by atoms with van der Waals surface area (Å²) in [5.41, 5.74) is 1.62. The van der Waals surface area contributed by atoms with Crippen LogP contribution in [0.25, 0.3) is 0 Å². The number of methoxy groups -OCH3 is 1. The Morgan fingerprint density at radius 2 is 1.74 bits per heavy atom. The molecule has 1 aliphatic heterocycles. The van der Waals surface area contributed by atoms with E-state index in [4.69, 9.17) is 9.47 Å². The van der Waals surface area contributed by atoms with E-state index in [0.717, 1.165) is 5.56 Å². The van der Waals surface area contributed by atoms with Gasteiger partial charge in [0, 0.05) is 0 Å². The van der Waals surface area contributed by atoms with Crippen LogP contribution in [0.2, 0.25) is 0 Å². The molecule has 23 heavy (non-hydrogen) atoms. The minimum atomic E-state index is -3.63. The highest BCUT2D eigenvalue weighted by atomic mass is 32.2. The fourth-order valence-corrected chi connectivity index (χ4v) is 3.78. The maximum atomic E-state index is 13.0. The minimum Gasteiger partial charge on any atom is -0.497 e. The molecule has 0 radical (unpaired) electrons.